The van der Waals surface area contributed by atoms with Gasteiger partial charge in [-0.1, -0.05) is 5.10 Å². The molecule has 0 fully saturated rings. The van der Waals surface area contributed by atoms with Crippen LogP contribution < -0.4 is 0 Å². The molecule has 0 bridgehead atoms. The molecule has 70 valence electrons. The highest BCUT2D eigenvalue weighted by Crippen LogP contribution is 2.17. The molecule has 5 nitrogen and oxygen atoms in total. The number of hydrogen-bond acceptors (Lipinski definition) is 4. The van der Waals surface area contributed by atoms with Gasteiger partial charge < -0.3 is 0 Å². The molecular formula is C6H7F2N5. The van der Waals surface area contributed by atoms with Gasteiger partial charge in [0, 0.05) is 6.42 Å². The number of hydrogen-bond donors (Lipinski definition) is 0. The van der Waals surface area contributed by atoms with Crippen LogP contribution in [-0.2, 0) is 6.54 Å². The SMILES string of the molecule is CC(F)(F)CCn1nnnc1C#N. The quantitative estimate of drug-likeness (QED) is 0.694. The number of tetrazole rings is 1. The monoisotopic (exact) mass is 187 g/mol. The molecule has 0 atom stereocenters. The van der Waals surface area contributed by atoms with Gasteiger partial charge in [0.05, 0.1) is 6.54 Å². The van der Waals surface area contributed by atoms with Gasteiger partial charge in [0.25, 0.3) is 5.82 Å². The van der Waals surface area contributed by atoms with Gasteiger partial charge in [-0.2, -0.15) is 5.26 Å². The van der Waals surface area contributed by atoms with Gasteiger partial charge in [0.2, 0.25) is 5.92 Å². The molecule has 1 aromatic rings. The van der Waals surface area contributed by atoms with Crippen molar-refractivity contribution in [2.75, 3.05) is 0 Å². The minimum Gasteiger partial charge on any atom is -0.217 e. The van der Waals surface area contributed by atoms with E-state index in [9.17, 15) is 8.78 Å². The van der Waals surface area contributed by atoms with E-state index in [1.54, 1.807) is 6.07 Å². The van der Waals surface area contributed by atoms with E-state index < -0.39 is 5.92 Å². The minimum atomic E-state index is -2.77. The topological polar surface area (TPSA) is 67.4 Å². The third-order valence-electron chi connectivity index (χ3n) is 1.39. The molecule has 1 rings (SSSR count). The second-order valence-electron chi connectivity index (χ2n) is 2.66. The van der Waals surface area contributed by atoms with Crippen LogP contribution in [0.1, 0.15) is 19.2 Å². The Balaban J connectivity index is 2.61. The normalized spacial score (nSPS) is 11.2. The maximum Gasteiger partial charge on any atom is 0.253 e. The smallest absolute Gasteiger partial charge is 0.217 e. The van der Waals surface area contributed by atoms with Gasteiger partial charge in [-0.25, -0.2) is 13.5 Å². The summed E-state index contributed by atoms with van der Waals surface area (Å²) in [6, 6.07) is 1.69. The molecular weight excluding hydrogens is 180 g/mol. The van der Waals surface area contributed by atoms with Gasteiger partial charge in [-0.05, 0) is 17.4 Å². The van der Waals surface area contributed by atoms with E-state index in [4.69, 9.17) is 5.26 Å². The second kappa shape index (κ2) is 3.43. The molecule has 0 saturated carbocycles. The first kappa shape index (κ1) is 9.51. The van der Waals surface area contributed by atoms with Crippen molar-refractivity contribution in [3.05, 3.63) is 5.82 Å². The van der Waals surface area contributed by atoms with Crippen LogP contribution in [0, 0.1) is 11.3 Å². The molecule has 0 aliphatic carbocycles. The number of aromatic nitrogens is 4. The Morgan fingerprint density at radius 1 is 1.62 bits per heavy atom. The zero-order valence-corrected chi connectivity index (χ0v) is 6.91. The molecule has 0 aromatic carbocycles. The maximum absolute atomic E-state index is 12.4. The largest absolute Gasteiger partial charge is 0.253 e. The van der Waals surface area contributed by atoms with E-state index in [0.29, 0.717) is 0 Å². The van der Waals surface area contributed by atoms with Crippen molar-refractivity contribution in [2.24, 2.45) is 0 Å². The summed E-state index contributed by atoms with van der Waals surface area (Å²) in [5, 5.41) is 18.3. The highest BCUT2D eigenvalue weighted by atomic mass is 19.3. The van der Waals surface area contributed by atoms with Crippen molar-refractivity contribution in [1.82, 2.24) is 20.2 Å². The lowest BCUT2D eigenvalue weighted by Crippen LogP contribution is -2.15. The maximum atomic E-state index is 12.4. The Morgan fingerprint density at radius 2 is 2.31 bits per heavy atom. The summed E-state index contributed by atoms with van der Waals surface area (Å²) in [5.74, 6) is -2.82. The van der Waals surface area contributed by atoms with Crippen LogP contribution in [0.2, 0.25) is 0 Å². The molecule has 0 amide bonds. The van der Waals surface area contributed by atoms with Crippen molar-refractivity contribution in [3.8, 4) is 6.07 Å². The summed E-state index contributed by atoms with van der Waals surface area (Å²) >= 11 is 0. The third kappa shape index (κ3) is 2.74. The zero-order chi connectivity index (χ0) is 9.90. The van der Waals surface area contributed by atoms with Crippen molar-refractivity contribution < 1.29 is 8.78 Å². The zero-order valence-electron chi connectivity index (χ0n) is 6.91. The van der Waals surface area contributed by atoms with Gasteiger partial charge >= 0.3 is 0 Å². The lowest BCUT2D eigenvalue weighted by Gasteiger charge is -2.08. The fourth-order valence-electron chi connectivity index (χ4n) is 0.738. The fraction of sp³-hybridized carbons (Fsp3) is 0.667. The van der Waals surface area contributed by atoms with E-state index in [1.807, 2.05) is 0 Å². The average Bonchev–Trinajstić information content (AvgIpc) is 2.46. The van der Waals surface area contributed by atoms with Crippen LogP contribution in [0.3, 0.4) is 0 Å². The molecule has 0 N–H and O–H groups in total. The predicted molar refractivity (Wildman–Crippen MR) is 37.8 cm³/mol. The number of aryl methyl sites for hydroxylation is 1. The third-order valence-corrected chi connectivity index (χ3v) is 1.39. The van der Waals surface area contributed by atoms with Crippen molar-refractivity contribution in [1.29, 1.82) is 5.26 Å². The first-order valence-corrected chi connectivity index (χ1v) is 3.57. The molecule has 1 heterocycles. The first-order valence-electron chi connectivity index (χ1n) is 3.57. The standard InChI is InChI=1S/C6H7F2N5/c1-6(7,8)2-3-13-5(4-9)10-11-12-13/h2-3H2,1H3. The Kier molecular flexibility index (Phi) is 2.51. The Morgan fingerprint density at radius 3 is 2.85 bits per heavy atom. The number of nitriles is 1. The summed E-state index contributed by atoms with van der Waals surface area (Å²) in [6.45, 7) is 0.753. The van der Waals surface area contributed by atoms with Gasteiger partial charge in [-0.15, -0.1) is 0 Å². The Bertz CT molecular complexity index is 321. The Labute approximate surface area is 73.0 Å². The number of halogens is 2. The van der Waals surface area contributed by atoms with E-state index in [0.717, 1.165) is 11.6 Å². The summed E-state index contributed by atoms with van der Waals surface area (Å²) in [5.41, 5.74) is 0. The first-order chi connectivity index (χ1) is 6.03. The van der Waals surface area contributed by atoms with E-state index in [-0.39, 0.29) is 18.8 Å². The van der Waals surface area contributed by atoms with Crippen LogP contribution in [0.25, 0.3) is 0 Å². The fourth-order valence-corrected chi connectivity index (χ4v) is 0.738. The van der Waals surface area contributed by atoms with E-state index in [1.165, 1.54) is 0 Å². The second-order valence-corrected chi connectivity index (χ2v) is 2.66. The molecule has 0 spiro atoms. The highest BCUT2D eigenvalue weighted by Gasteiger charge is 2.21. The summed E-state index contributed by atoms with van der Waals surface area (Å²) < 4.78 is 25.8. The van der Waals surface area contributed by atoms with Crippen LogP contribution in [0.5, 0.6) is 0 Å². The van der Waals surface area contributed by atoms with Crippen LogP contribution in [0.4, 0.5) is 8.78 Å². The number of alkyl halides is 2. The van der Waals surface area contributed by atoms with Crippen LogP contribution >= 0.6 is 0 Å². The molecule has 1 aromatic heterocycles. The minimum absolute atomic E-state index is 0.0516. The van der Waals surface area contributed by atoms with Crippen molar-refractivity contribution >= 4 is 0 Å². The van der Waals surface area contributed by atoms with Crippen molar-refractivity contribution in [2.45, 2.75) is 25.8 Å². The predicted octanol–water partition coefficient (Wildman–Crippen LogP) is 0.590. The average molecular weight is 187 g/mol. The molecule has 0 aliphatic heterocycles. The lowest BCUT2D eigenvalue weighted by molar-refractivity contribution is 0.00760. The molecule has 7 heteroatoms. The molecule has 0 aliphatic rings. The Hall–Kier alpha value is -1.58. The summed E-state index contributed by atoms with van der Waals surface area (Å²) in [4.78, 5) is 0. The number of rotatable bonds is 3. The van der Waals surface area contributed by atoms with Crippen LogP contribution in [0.15, 0.2) is 0 Å². The van der Waals surface area contributed by atoms with Crippen molar-refractivity contribution in [3.63, 3.8) is 0 Å². The molecule has 0 unspecified atom stereocenters. The highest BCUT2D eigenvalue weighted by molar-refractivity contribution is 5.05. The van der Waals surface area contributed by atoms with E-state index in [2.05, 4.69) is 15.5 Å². The summed E-state index contributed by atoms with van der Waals surface area (Å²) in [7, 11) is 0. The molecule has 13 heavy (non-hydrogen) atoms. The summed E-state index contributed by atoms with van der Waals surface area (Å²) in [6.07, 6.45) is -0.382. The van der Waals surface area contributed by atoms with Gasteiger partial charge in [-0.3, -0.25) is 0 Å². The lowest BCUT2D eigenvalue weighted by atomic mass is 10.3. The van der Waals surface area contributed by atoms with E-state index >= 15 is 0 Å². The van der Waals surface area contributed by atoms with Gasteiger partial charge in [0.1, 0.15) is 6.07 Å². The number of nitrogens with zero attached hydrogens (tertiary/aromatic N) is 5. The molecule has 0 saturated heterocycles. The van der Waals surface area contributed by atoms with Crippen LogP contribution in [-0.4, -0.2) is 26.1 Å². The van der Waals surface area contributed by atoms with Gasteiger partial charge in [0.15, 0.2) is 0 Å². The molecule has 0 radical (unpaired) electrons.